The van der Waals surface area contributed by atoms with Crippen LogP contribution in [0.25, 0.3) is 0 Å². The number of esters is 1. The summed E-state index contributed by atoms with van der Waals surface area (Å²) in [5.41, 5.74) is 0.929. The van der Waals surface area contributed by atoms with Gasteiger partial charge in [0, 0.05) is 23.3 Å². The van der Waals surface area contributed by atoms with Gasteiger partial charge in [0.25, 0.3) is 0 Å². The average Bonchev–Trinajstić information content (AvgIpc) is 2.91. The van der Waals surface area contributed by atoms with Crippen LogP contribution in [-0.2, 0) is 28.5 Å². The fourth-order valence-electron chi connectivity index (χ4n) is 6.99. The van der Waals surface area contributed by atoms with Crippen LogP contribution in [0.15, 0.2) is 36.9 Å². The number of benzene rings is 1. The minimum absolute atomic E-state index is 0.0122. The van der Waals surface area contributed by atoms with Crippen molar-refractivity contribution < 1.29 is 33.2 Å². The van der Waals surface area contributed by atoms with E-state index in [0.29, 0.717) is 0 Å². The molecule has 0 N–H and O–H groups in total. The van der Waals surface area contributed by atoms with E-state index in [-0.39, 0.29) is 60.0 Å². The maximum absolute atomic E-state index is 13.5. The van der Waals surface area contributed by atoms with E-state index in [9.17, 15) is 4.79 Å². The number of hydrogen-bond acceptors (Lipinski definition) is 7. The number of carbonyl (C=O) groups is 1. The third kappa shape index (κ3) is 6.22. The highest BCUT2D eigenvalue weighted by Crippen LogP contribution is 2.44. The van der Waals surface area contributed by atoms with Gasteiger partial charge < -0.3 is 28.4 Å². The number of carbonyl (C=O) groups excluding carboxylic acids is 1. The van der Waals surface area contributed by atoms with Crippen molar-refractivity contribution in [1.29, 1.82) is 0 Å². The number of fused-ring (bicyclic) bond motifs is 4. The van der Waals surface area contributed by atoms with Crippen molar-refractivity contribution in [3.05, 3.63) is 42.5 Å². The monoisotopic (exact) mass is 544 g/mol. The van der Waals surface area contributed by atoms with Crippen molar-refractivity contribution in [1.82, 2.24) is 0 Å². The molecule has 0 radical (unpaired) electrons. The van der Waals surface area contributed by atoms with Crippen LogP contribution in [0.5, 0.6) is 5.75 Å². The van der Waals surface area contributed by atoms with Gasteiger partial charge in [0.1, 0.15) is 11.9 Å². The first-order valence-corrected chi connectivity index (χ1v) is 14.5. The van der Waals surface area contributed by atoms with Gasteiger partial charge in [-0.3, -0.25) is 4.79 Å². The first-order chi connectivity index (χ1) is 18.4. The normalized spacial score (nSPS) is 43.1. The maximum atomic E-state index is 13.5. The smallest absolute Gasteiger partial charge is 0.311 e. The van der Waals surface area contributed by atoms with Gasteiger partial charge in [0.15, 0.2) is 12.1 Å². The summed E-state index contributed by atoms with van der Waals surface area (Å²) in [7, 11) is 1.65. The second-order valence-electron chi connectivity index (χ2n) is 12.6. The molecular weight excluding hydrogens is 496 g/mol. The summed E-state index contributed by atoms with van der Waals surface area (Å²) in [5.74, 6) is -0.369. The van der Waals surface area contributed by atoms with Gasteiger partial charge >= 0.3 is 5.97 Å². The molecule has 3 aliphatic rings. The van der Waals surface area contributed by atoms with Gasteiger partial charge in [0.2, 0.25) is 0 Å². The van der Waals surface area contributed by atoms with E-state index in [0.717, 1.165) is 17.7 Å². The lowest BCUT2D eigenvalue weighted by Gasteiger charge is -2.50. The van der Waals surface area contributed by atoms with E-state index in [1.54, 1.807) is 13.2 Å². The molecule has 0 amide bonds. The van der Waals surface area contributed by atoms with Gasteiger partial charge in [-0.2, -0.15) is 0 Å². The molecule has 0 aromatic heterocycles. The van der Waals surface area contributed by atoms with E-state index in [4.69, 9.17) is 28.4 Å². The molecule has 1 aromatic carbocycles. The fourth-order valence-corrected chi connectivity index (χ4v) is 6.99. The van der Waals surface area contributed by atoms with Crippen molar-refractivity contribution in [2.75, 3.05) is 7.11 Å². The maximum Gasteiger partial charge on any atom is 0.311 e. The summed E-state index contributed by atoms with van der Waals surface area (Å²) in [6.45, 7) is 20.7. The van der Waals surface area contributed by atoms with Crippen LogP contribution in [0.1, 0.15) is 73.7 Å². The van der Waals surface area contributed by atoms with E-state index >= 15 is 0 Å². The number of hydrogen-bond donors (Lipinski definition) is 0. The molecule has 4 bridgehead atoms. The van der Waals surface area contributed by atoms with Crippen molar-refractivity contribution in [2.45, 2.75) is 104 Å². The second kappa shape index (κ2) is 11.9. The zero-order valence-electron chi connectivity index (χ0n) is 25.1. The topological polar surface area (TPSA) is 72.5 Å². The standard InChI is InChI=1S/C32H48O7/c1-11-25-19(4)28-20(5)26(36-31(37-28)23-12-14-24(34-10)15-13-23)17(2)16-18(3)27-21(6)29(22(7)30(33)35-25)39-32(8,9)38-27/h11-15,17-22,25-29,31H,1,16H2,2-10H3/t17-,18+,19+,20+,21-,22-,25-,26+,27+,28+,29+,31-/m1/s1. The van der Waals surface area contributed by atoms with Gasteiger partial charge in [0.05, 0.1) is 37.4 Å². The molecular formula is C32H48O7. The van der Waals surface area contributed by atoms with Crippen molar-refractivity contribution in [2.24, 2.45) is 35.5 Å². The van der Waals surface area contributed by atoms with Crippen LogP contribution in [-0.4, -0.2) is 49.4 Å². The third-order valence-electron chi connectivity index (χ3n) is 9.11. The Morgan fingerprint density at radius 1 is 0.846 bits per heavy atom. The lowest BCUT2D eigenvalue weighted by atomic mass is 9.75. The Bertz CT molecular complexity index is 991. The molecule has 0 aliphatic carbocycles. The Hall–Kier alpha value is -1.93. The summed E-state index contributed by atoms with van der Waals surface area (Å²) in [5, 5.41) is 0. The highest BCUT2D eigenvalue weighted by atomic mass is 16.7. The Balaban J connectivity index is 1.73. The fraction of sp³-hybridized carbons (Fsp3) is 0.719. The highest BCUT2D eigenvalue weighted by molar-refractivity contribution is 5.73. The molecule has 0 unspecified atom stereocenters. The first kappa shape index (κ1) is 30.0. The average molecular weight is 545 g/mol. The summed E-state index contributed by atoms with van der Waals surface area (Å²) in [6, 6.07) is 7.80. The van der Waals surface area contributed by atoms with Gasteiger partial charge in [-0.15, -0.1) is 0 Å². The third-order valence-corrected chi connectivity index (χ3v) is 9.11. The molecule has 1 aromatic rings. The van der Waals surface area contributed by atoms with E-state index in [2.05, 4.69) is 41.2 Å². The molecule has 3 fully saturated rings. The minimum atomic E-state index is -0.802. The first-order valence-electron chi connectivity index (χ1n) is 14.5. The zero-order valence-corrected chi connectivity index (χ0v) is 25.1. The van der Waals surface area contributed by atoms with Gasteiger partial charge in [-0.1, -0.05) is 59.4 Å². The number of ether oxygens (including phenoxy) is 6. The van der Waals surface area contributed by atoms with Crippen LogP contribution >= 0.6 is 0 Å². The van der Waals surface area contributed by atoms with Crippen molar-refractivity contribution in [3.63, 3.8) is 0 Å². The zero-order chi connectivity index (χ0) is 28.6. The number of methoxy groups -OCH3 is 1. The SMILES string of the molecule is C=C[C@H]1OC(=O)[C@H](C)[C@H]2OC(C)(C)O[C@H]([C@H]2C)[C@@H](C)C[C@@H](C)[C@@H]2O[C@@H](c3ccc(OC)cc3)O[C@H]([C@H]2C)[C@H]1C. The van der Waals surface area contributed by atoms with Crippen LogP contribution < -0.4 is 4.74 Å². The Morgan fingerprint density at radius 2 is 1.41 bits per heavy atom. The lowest BCUT2D eigenvalue weighted by Crippen LogP contribution is -2.56. The van der Waals surface area contributed by atoms with Crippen LogP contribution in [0, 0.1) is 35.5 Å². The molecule has 3 saturated heterocycles. The quantitative estimate of drug-likeness (QED) is 0.326. The molecule has 3 aliphatic heterocycles. The molecule has 218 valence electrons. The van der Waals surface area contributed by atoms with Crippen molar-refractivity contribution >= 4 is 5.97 Å². The molecule has 12 atom stereocenters. The van der Waals surface area contributed by atoms with Crippen molar-refractivity contribution in [3.8, 4) is 5.75 Å². The van der Waals surface area contributed by atoms with E-state index in [1.165, 1.54) is 0 Å². The highest BCUT2D eigenvalue weighted by Gasteiger charge is 2.50. The van der Waals surface area contributed by atoms with Crippen LogP contribution in [0.2, 0.25) is 0 Å². The summed E-state index contributed by atoms with van der Waals surface area (Å²) in [4.78, 5) is 13.5. The summed E-state index contributed by atoms with van der Waals surface area (Å²) < 4.78 is 37.7. The van der Waals surface area contributed by atoms with E-state index in [1.807, 2.05) is 45.0 Å². The molecule has 4 rings (SSSR count). The summed E-state index contributed by atoms with van der Waals surface area (Å²) in [6.07, 6.45) is 0.893. The number of rotatable bonds is 3. The summed E-state index contributed by atoms with van der Waals surface area (Å²) >= 11 is 0. The van der Waals surface area contributed by atoms with Gasteiger partial charge in [-0.25, -0.2) is 0 Å². The number of cyclic esters (lactones) is 1. The molecule has 3 heterocycles. The Labute approximate surface area is 234 Å². The Kier molecular flexibility index (Phi) is 9.16. The minimum Gasteiger partial charge on any atom is -0.497 e. The Morgan fingerprint density at radius 3 is 2.03 bits per heavy atom. The lowest BCUT2D eigenvalue weighted by molar-refractivity contribution is -0.336. The molecule has 0 saturated carbocycles. The van der Waals surface area contributed by atoms with Crippen LogP contribution in [0.3, 0.4) is 0 Å². The molecule has 0 spiro atoms. The predicted molar refractivity (Wildman–Crippen MR) is 149 cm³/mol. The molecule has 7 nitrogen and oxygen atoms in total. The van der Waals surface area contributed by atoms with Crippen LogP contribution in [0.4, 0.5) is 0 Å². The predicted octanol–water partition coefficient (Wildman–Crippen LogP) is 6.32. The largest absolute Gasteiger partial charge is 0.497 e. The molecule has 7 heteroatoms. The van der Waals surface area contributed by atoms with E-state index < -0.39 is 24.1 Å². The molecule has 39 heavy (non-hydrogen) atoms. The van der Waals surface area contributed by atoms with Gasteiger partial charge in [-0.05, 0) is 51.2 Å². The second-order valence-corrected chi connectivity index (χ2v) is 12.6.